The molecular weight excluding hydrogens is 821 g/mol. The molecule has 0 spiro atoms. The summed E-state index contributed by atoms with van der Waals surface area (Å²) in [7, 11) is -33.5. The first-order valence-electron chi connectivity index (χ1n) is 17.9. The summed E-state index contributed by atoms with van der Waals surface area (Å²) in [6.45, 7) is 25.7. The molecule has 3 N–H and O–H groups in total. The summed E-state index contributed by atoms with van der Waals surface area (Å²) in [4.78, 5) is 0. The average molecular weight is 888 g/mol. The maximum Gasteiger partial charge on any atom is 0.475 e. The van der Waals surface area contributed by atoms with E-state index in [0.717, 1.165) is 37.4 Å². The van der Waals surface area contributed by atoms with Gasteiger partial charge in [0.1, 0.15) is 0 Å². The predicted octanol–water partition coefficient (Wildman–Crippen LogP) is 5.14. The number of aliphatic hydroxyl groups excluding tert-OH is 3. The Bertz CT molecular complexity index is 973. The summed E-state index contributed by atoms with van der Waals surface area (Å²) < 4.78 is 83.7. The van der Waals surface area contributed by atoms with Crippen molar-refractivity contribution in [2.75, 3.05) is 19.8 Å². The van der Waals surface area contributed by atoms with Gasteiger partial charge in [0, 0.05) is 65.6 Å². The van der Waals surface area contributed by atoms with E-state index in [4.69, 9.17) is 49.4 Å². The molecule has 0 amide bonds. The van der Waals surface area contributed by atoms with Gasteiger partial charge in [-0.2, -0.15) is 0 Å². The zero-order chi connectivity index (χ0) is 38.0. The van der Waals surface area contributed by atoms with Crippen molar-refractivity contribution in [3.05, 3.63) is 0 Å². The highest BCUT2D eigenvalue weighted by molar-refractivity contribution is 6.99. The maximum absolute atomic E-state index is 9.46. The van der Waals surface area contributed by atoms with E-state index in [1.165, 1.54) is 0 Å². The molecule has 0 radical (unpaired) electrons. The van der Waals surface area contributed by atoms with Crippen LogP contribution in [0.3, 0.4) is 0 Å². The van der Waals surface area contributed by atoms with Crippen LogP contribution in [0.5, 0.6) is 0 Å². The van der Waals surface area contributed by atoms with Gasteiger partial charge in [0.15, 0.2) is 25.0 Å². The molecule has 3 fully saturated rings. The molecule has 4 bridgehead atoms. The van der Waals surface area contributed by atoms with E-state index in [9.17, 15) is 15.3 Å². The van der Waals surface area contributed by atoms with E-state index in [2.05, 4.69) is 39.3 Å². The van der Waals surface area contributed by atoms with Gasteiger partial charge < -0.3 is 64.7 Å². The second kappa shape index (κ2) is 17.0. The van der Waals surface area contributed by atoms with Crippen molar-refractivity contribution >= 4 is 86.6 Å². The molecule has 25 heteroatoms. The second-order valence-corrected chi connectivity index (χ2v) is 50.0. The van der Waals surface area contributed by atoms with Gasteiger partial charge in [-0.3, -0.25) is 0 Å². The van der Waals surface area contributed by atoms with E-state index in [1.807, 2.05) is 19.6 Å². The Kier molecular flexibility index (Phi) is 15.6. The van der Waals surface area contributed by atoms with Crippen LogP contribution >= 0.6 is 0 Å². The fourth-order valence-electron chi connectivity index (χ4n) is 7.11. The lowest BCUT2D eigenvalue weighted by molar-refractivity contribution is 0.0240. The number of fused-ring (bicyclic) bond motifs is 3. The largest absolute Gasteiger partial charge is 0.475 e. The van der Waals surface area contributed by atoms with Crippen molar-refractivity contribution in [1.29, 1.82) is 0 Å². The lowest BCUT2D eigenvalue weighted by Gasteiger charge is -2.56. The Hall–Kier alpha value is 1.57. The van der Waals surface area contributed by atoms with Gasteiger partial charge in [-0.25, -0.2) is 0 Å². The summed E-state index contributed by atoms with van der Waals surface area (Å²) in [5.74, 6) is 0. The molecule has 3 aliphatic rings. The number of unbranched alkanes of at least 4 members (excludes halogenated alkanes) is 3. The molecule has 50 heavy (non-hydrogen) atoms. The zero-order valence-electron chi connectivity index (χ0n) is 32.7. The molecule has 0 aromatic heterocycles. The number of aliphatic hydroxyl groups is 3. The third-order valence-corrected chi connectivity index (χ3v) is 50.7. The summed E-state index contributed by atoms with van der Waals surface area (Å²) in [6.07, 6.45) is 4.43. The average Bonchev–Trinajstić information content (AvgIpc) is 2.82. The number of hydrogen-bond acceptors (Lipinski definition) is 15. The third-order valence-electron chi connectivity index (χ3n) is 8.28. The Labute approximate surface area is 311 Å². The molecule has 3 heterocycles. The van der Waals surface area contributed by atoms with Crippen LogP contribution in [-0.2, 0) is 49.4 Å². The van der Waals surface area contributed by atoms with Crippen molar-refractivity contribution in [2.24, 2.45) is 0 Å². The zero-order valence-corrected chi connectivity index (χ0v) is 42.7. The molecular formula is C25H66O15Si10. The minimum atomic E-state index is -3.78. The van der Waals surface area contributed by atoms with Crippen LogP contribution < -0.4 is 0 Å². The molecule has 3 saturated heterocycles. The lowest BCUT2D eigenvalue weighted by Crippen LogP contribution is -2.81. The normalized spacial score (nSPS) is 38.6. The topological polar surface area (TPSA) is 171 Å². The Balaban J connectivity index is 2.18. The van der Waals surface area contributed by atoms with Crippen molar-refractivity contribution in [1.82, 2.24) is 0 Å². The highest BCUT2D eigenvalue weighted by atomic mass is 28.6. The predicted molar refractivity (Wildman–Crippen MR) is 210 cm³/mol. The van der Waals surface area contributed by atoms with Gasteiger partial charge in [0.2, 0.25) is 0 Å². The monoisotopic (exact) mass is 886 g/mol. The van der Waals surface area contributed by atoms with Crippen molar-refractivity contribution in [3.63, 3.8) is 0 Å². The smallest absolute Gasteiger partial charge is 0.417 e. The molecule has 0 unspecified atom stereocenters. The Morgan fingerprint density at radius 3 is 0.760 bits per heavy atom. The maximum atomic E-state index is 9.46. The molecule has 0 aliphatic carbocycles. The van der Waals surface area contributed by atoms with E-state index in [0.29, 0.717) is 19.3 Å². The molecule has 0 atom stereocenters. The summed E-state index contributed by atoms with van der Waals surface area (Å²) in [5, 5.41) is 28.4. The van der Waals surface area contributed by atoms with Gasteiger partial charge in [0.25, 0.3) is 0 Å². The van der Waals surface area contributed by atoms with Gasteiger partial charge in [-0.15, -0.1) is 0 Å². The lowest BCUT2D eigenvalue weighted by atomic mass is 10.4. The molecule has 0 aromatic rings. The van der Waals surface area contributed by atoms with Gasteiger partial charge >= 0.3 is 61.6 Å². The fraction of sp³-hybridized carbons (Fsp3) is 1.00. The molecule has 15 nitrogen and oxygen atoms in total. The fourth-order valence-corrected chi connectivity index (χ4v) is 59.3. The summed E-state index contributed by atoms with van der Waals surface area (Å²) in [5.41, 5.74) is 0. The molecule has 3 aliphatic heterocycles. The number of hydrogen-bond donors (Lipinski definition) is 3. The number of rotatable bonds is 18. The van der Waals surface area contributed by atoms with Crippen molar-refractivity contribution in [2.45, 2.75) is 142 Å². The van der Waals surface area contributed by atoms with Crippen LogP contribution in [-0.4, -0.2) is 122 Å². The van der Waals surface area contributed by atoms with Crippen LogP contribution in [0, 0.1) is 0 Å². The molecule has 3 rings (SSSR count). The van der Waals surface area contributed by atoms with Crippen LogP contribution in [0.4, 0.5) is 0 Å². The highest BCUT2D eigenvalue weighted by Gasteiger charge is 2.73. The summed E-state index contributed by atoms with van der Waals surface area (Å²) in [6, 6.07) is 2.34. The summed E-state index contributed by atoms with van der Waals surface area (Å²) >= 11 is 0. The Morgan fingerprint density at radius 2 is 0.560 bits per heavy atom. The molecule has 296 valence electrons. The van der Waals surface area contributed by atoms with E-state index < -0.39 is 86.6 Å². The first-order chi connectivity index (χ1) is 22.7. The van der Waals surface area contributed by atoms with Gasteiger partial charge in [0.05, 0.1) is 0 Å². The first-order valence-corrected chi connectivity index (χ1v) is 42.8. The van der Waals surface area contributed by atoms with Crippen molar-refractivity contribution < 1.29 is 64.7 Å². The van der Waals surface area contributed by atoms with E-state index in [-0.39, 0.29) is 19.8 Å². The van der Waals surface area contributed by atoms with Crippen LogP contribution in [0.2, 0.25) is 103 Å². The molecule has 0 saturated carbocycles. The van der Waals surface area contributed by atoms with Crippen LogP contribution in [0.1, 0.15) is 38.5 Å². The van der Waals surface area contributed by atoms with Gasteiger partial charge in [-0.1, -0.05) is 19.3 Å². The first kappa shape index (κ1) is 46.0. The highest BCUT2D eigenvalue weighted by Crippen LogP contribution is 2.44. The SMILES string of the molecule is C[Si](C)(CCCCO)O[Si]1(C)O[Si]2(C)O[Si](C)(O[Si](C)(C)CCCCO)O[Si]3(C)O[Si](C)(O[Si](C)(C)CCCCO)O[Si](C)(O1)O[Si](C)(O2)O3. The van der Waals surface area contributed by atoms with E-state index >= 15 is 0 Å². The second-order valence-electron chi connectivity index (χ2n) is 16.1. The Morgan fingerprint density at radius 1 is 0.360 bits per heavy atom. The van der Waals surface area contributed by atoms with Crippen LogP contribution in [0.25, 0.3) is 0 Å². The standard InChI is InChI=1S/C25H66O15Si10/c1-41(2,23-17-14-20-26)29-44(7)32-47(10)34-45(8,30-42(3,4)24-18-15-21-27)36-49(12)37-46(9,31-43(5,6)25-19-16-22-28)35-48(11,33-44)39-50(13,38-47)40-49/h26-28H,14-25H2,1-13H3. The minimum Gasteiger partial charge on any atom is -0.417 e. The third kappa shape index (κ3) is 13.9. The quantitative estimate of drug-likeness (QED) is 0.122. The molecule has 0 aromatic carbocycles. The van der Waals surface area contributed by atoms with Crippen molar-refractivity contribution in [3.8, 4) is 0 Å². The minimum absolute atomic E-state index is 0.114. The van der Waals surface area contributed by atoms with Crippen LogP contribution in [0.15, 0.2) is 0 Å². The van der Waals surface area contributed by atoms with E-state index in [1.54, 1.807) is 26.2 Å². The van der Waals surface area contributed by atoms with Gasteiger partial charge in [-0.05, 0) is 76.7 Å².